The van der Waals surface area contributed by atoms with Gasteiger partial charge in [0.15, 0.2) is 5.78 Å². The van der Waals surface area contributed by atoms with Crippen molar-refractivity contribution in [1.29, 1.82) is 0 Å². The van der Waals surface area contributed by atoms with Gasteiger partial charge < -0.3 is 15.0 Å². The lowest BCUT2D eigenvalue weighted by Crippen LogP contribution is -2.35. The van der Waals surface area contributed by atoms with Gasteiger partial charge >= 0.3 is 6.18 Å². The zero-order chi connectivity index (χ0) is 23.9. The first-order valence-corrected chi connectivity index (χ1v) is 9.99. The fraction of sp³-hybridized carbons (Fsp3) is 0.318. The maximum Gasteiger partial charge on any atom is 0.417 e. The van der Waals surface area contributed by atoms with Crippen LogP contribution >= 0.6 is 11.6 Å². The Hall–Kier alpha value is -3.07. The molecule has 0 unspecified atom stereocenters. The molecule has 6 nitrogen and oxygen atoms in total. The van der Waals surface area contributed by atoms with Crippen molar-refractivity contribution < 1.29 is 32.3 Å². The number of carbonyl (C=O) groups is 3. The van der Waals surface area contributed by atoms with E-state index in [1.807, 2.05) is 0 Å². The molecule has 0 aliphatic rings. The van der Waals surface area contributed by atoms with Gasteiger partial charge in [-0.2, -0.15) is 13.2 Å². The van der Waals surface area contributed by atoms with Crippen LogP contribution < -0.4 is 10.1 Å². The Balaban J connectivity index is 1.77. The number of alkyl halides is 3. The molecule has 0 radical (unpaired) electrons. The molecule has 2 aromatic rings. The van der Waals surface area contributed by atoms with Gasteiger partial charge in [-0.3, -0.25) is 14.4 Å². The fourth-order valence-corrected chi connectivity index (χ4v) is 2.94. The van der Waals surface area contributed by atoms with Gasteiger partial charge in [-0.1, -0.05) is 11.6 Å². The molecule has 0 saturated carbocycles. The molecule has 10 heteroatoms. The third-order valence-corrected chi connectivity index (χ3v) is 4.76. The monoisotopic (exact) mass is 470 g/mol. The minimum Gasteiger partial charge on any atom is -0.494 e. The number of hydrogen-bond donors (Lipinski definition) is 1. The molecule has 0 atom stereocenters. The van der Waals surface area contributed by atoms with Crippen molar-refractivity contribution in [3.8, 4) is 5.75 Å². The van der Waals surface area contributed by atoms with Gasteiger partial charge in [-0.15, -0.1) is 0 Å². The van der Waals surface area contributed by atoms with Crippen molar-refractivity contribution in [1.82, 2.24) is 4.90 Å². The Morgan fingerprint density at radius 1 is 1.09 bits per heavy atom. The number of nitrogens with one attached hydrogen (secondary N) is 1. The second-order valence-corrected chi connectivity index (χ2v) is 7.43. The molecule has 0 aliphatic heterocycles. The van der Waals surface area contributed by atoms with E-state index in [1.54, 1.807) is 24.3 Å². The molecule has 0 aliphatic carbocycles. The molecule has 0 saturated heterocycles. The third-order valence-electron chi connectivity index (χ3n) is 4.43. The van der Waals surface area contributed by atoms with Crippen LogP contribution in [0.25, 0.3) is 0 Å². The van der Waals surface area contributed by atoms with Crippen LogP contribution in [0.4, 0.5) is 18.9 Å². The molecule has 0 fully saturated rings. The lowest BCUT2D eigenvalue weighted by molar-refractivity contribution is -0.137. The summed E-state index contributed by atoms with van der Waals surface area (Å²) >= 11 is 5.55. The third kappa shape index (κ3) is 7.56. The maximum absolute atomic E-state index is 12.9. The lowest BCUT2D eigenvalue weighted by Gasteiger charge is -2.17. The Labute approximate surface area is 188 Å². The van der Waals surface area contributed by atoms with Gasteiger partial charge in [0, 0.05) is 24.7 Å². The largest absolute Gasteiger partial charge is 0.494 e. The number of Topliss-reactive ketones (excluding diaryl/α,β-unsaturated/α-hetero) is 1. The molecular weight excluding hydrogens is 449 g/mol. The van der Waals surface area contributed by atoms with E-state index in [0.29, 0.717) is 17.7 Å². The van der Waals surface area contributed by atoms with Crippen molar-refractivity contribution in [2.75, 3.05) is 25.5 Å². The number of hydrogen-bond acceptors (Lipinski definition) is 4. The van der Waals surface area contributed by atoms with E-state index in [4.69, 9.17) is 16.3 Å². The summed E-state index contributed by atoms with van der Waals surface area (Å²) in [6, 6.07) is 9.65. The second kappa shape index (κ2) is 11.0. The van der Waals surface area contributed by atoms with Crippen molar-refractivity contribution in [3.63, 3.8) is 0 Å². The lowest BCUT2D eigenvalue weighted by atomic mass is 10.1. The Morgan fingerprint density at radius 3 is 2.34 bits per heavy atom. The highest BCUT2D eigenvalue weighted by Gasteiger charge is 2.33. The van der Waals surface area contributed by atoms with E-state index in [1.165, 1.54) is 24.9 Å². The van der Waals surface area contributed by atoms with E-state index < -0.39 is 22.7 Å². The molecule has 0 bridgehead atoms. The predicted molar refractivity (Wildman–Crippen MR) is 114 cm³/mol. The van der Waals surface area contributed by atoms with Gasteiger partial charge in [-0.05, 0) is 55.8 Å². The fourth-order valence-electron chi connectivity index (χ4n) is 2.71. The molecule has 0 aromatic heterocycles. The predicted octanol–water partition coefficient (Wildman–Crippen LogP) is 4.82. The molecule has 1 N–H and O–H groups in total. The van der Waals surface area contributed by atoms with Crippen LogP contribution in [-0.4, -0.2) is 42.7 Å². The highest BCUT2D eigenvalue weighted by molar-refractivity contribution is 6.31. The summed E-state index contributed by atoms with van der Waals surface area (Å²) < 4.78 is 44.3. The molecule has 0 spiro atoms. The number of likely N-dealkylation sites (N-methyl/N-ethyl adjacent to an activating group) is 1. The number of nitrogens with zero attached hydrogens (tertiary/aromatic N) is 1. The number of carbonyl (C=O) groups excluding carboxylic acids is 3. The average molecular weight is 471 g/mol. The first kappa shape index (κ1) is 25.2. The van der Waals surface area contributed by atoms with Gasteiger partial charge in [0.05, 0.1) is 23.7 Å². The van der Waals surface area contributed by atoms with Gasteiger partial charge in [0.25, 0.3) is 0 Å². The van der Waals surface area contributed by atoms with Gasteiger partial charge in [-0.25, -0.2) is 0 Å². The summed E-state index contributed by atoms with van der Waals surface area (Å²) in [6.45, 7) is 1.40. The Morgan fingerprint density at radius 2 is 1.75 bits per heavy atom. The summed E-state index contributed by atoms with van der Waals surface area (Å²) in [5.41, 5.74) is -0.560. The number of amides is 2. The number of anilines is 1. The summed E-state index contributed by atoms with van der Waals surface area (Å²) in [5.74, 6) is -0.441. The highest BCUT2D eigenvalue weighted by atomic mass is 35.5. The van der Waals surface area contributed by atoms with Crippen LogP contribution in [0.2, 0.25) is 5.02 Å². The minimum absolute atomic E-state index is 0.0499. The van der Waals surface area contributed by atoms with E-state index in [2.05, 4.69) is 5.32 Å². The van der Waals surface area contributed by atoms with Crippen molar-refractivity contribution in [3.05, 3.63) is 58.6 Å². The quantitative estimate of drug-likeness (QED) is 0.421. The topological polar surface area (TPSA) is 75.7 Å². The second-order valence-electron chi connectivity index (χ2n) is 7.02. The SMILES string of the molecule is CC(=O)c1ccc(OCCCC(=O)N(C)CC(=O)Nc2ccc(Cl)c(C(F)(F)F)c2)cc1. The van der Waals surface area contributed by atoms with E-state index in [-0.39, 0.29) is 37.0 Å². The van der Waals surface area contributed by atoms with Crippen molar-refractivity contribution in [2.45, 2.75) is 25.9 Å². The first-order valence-electron chi connectivity index (χ1n) is 9.61. The Kier molecular flexibility index (Phi) is 8.65. The molecule has 2 rings (SSSR count). The van der Waals surface area contributed by atoms with E-state index in [9.17, 15) is 27.6 Å². The van der Waals surface area contributed by atoms with Gasteiger partial charge in [0.1, 0.15) is 5.75 Å². The molecule has 32 heavy (non-hydrogen) atoms. The van der Waals surface area contributed by atoms with Crippen LogP contribution in [0.5, 0.6) is 5.75 Å². The molecule has 0 heterocycles. The van der Waals surface area contributed by atoms with E-state index in [0.717, 1.165) is 12.1 Å². The standard InChI is InChI=1S/C22H22ClF3N2O4/c1-14(29)15-5-8-17(9-6-15)32-11-3-4-21(31)28(2)13-20(30)27-16-7-10-19(23)18(12-16)22(24,25)26/h5-10,12H,3-4,11,13H2,1-2H3,(H,27,30). The van der Waals surface area contributed by atoms with Gasteiger partial charge in [0.2, 0.25) is 11.8 Å². The number of ketones is 1. The Bertz CT molecular complexity index is 978. The molecular formula is C22H22ClF3N2O4. The van der Waals surface area contributed by atoms with Crippen LogP contribution in [-0.2, 0) is 15.8 Å². The molecule has 2 aromatic carbocycles. The smallest absolute Gasteiger partial charge is 0.417 e. The number of halogens is 4. The summed E-state index contributed by atoms with van der Waals surface area (Å²) in [4.78, 5) is 36.7. The summed E-state index contributed by atoms with van der Waals surface area (Å²) in [6.07, 6.45) is -4.14. The number of rotatable bonds is 9. The van der Waals surface area contributed by atoms with Crippen LogP contribution in [0, 0.1) is 0 Å². The molecule has 2 amide bonds. The summed E-state index contributed by atoms with van der Waals surface area (Å²) in [5, 5.41) is 1.86. The first-order chi connectivity index (χ1) is 15.0. The number of benzene rings is 2. The normalized spacial score (nSPS) is 11.1. The zero-order valence-electron chi connectivity index (χ0n) is 17.5. The minimum atomic E-state index is -4.65. The van der Waals surface area contributed by atoms with Crippen LogP contribution in [0.15, 0.2) is 42.5 Å². The average Bonchev–Trinajstić information content (AvgIpc) is 2.71. The van der Waals surface area contributed by atoms with Crippen LogP contribution in [0.3, 0.4) is 0 Å². The number of ether oxygens (including phenoxy) is 1. The summed E-state index contributed by atoms with van der Waals surface area (Å²) in [7, 11) is 1.42. The molecule has 172 valence electrons. The highest BCUT2D eigenvalue weighted by Crippen LogP contribution is 2.36. The maximum atomic E-state index is 12.9. The van der Waals surface area contributed by atoms with Crippen LogP contribution in [0.1, 0.15) is 35.7 Å². The van der Waals surface area contributed by atoms with Crippen molar-refractivity contribution in [2.24, 2.45) is 0 Å². The zero-order valence-corrected chi connectivity index (χ0v) is 18.2. The van der Waals surface area contributed by atoms with Crippen molar-refractivity contribution >= 4 is 34.9 Å². The van der Waals surface area contributed by atoms with E-state index >= 15 is 0 Å².